The lowest BCUT2D eigenvalue weighted by Crippen LogP contribution is -2.41. The average Bonchev–Trinajstić information content (AvgIpc) is 2.92. The fraction of sp³-hybridized carbons (Fsp3) is 0.406. The number of hydrogen-bond acceptors (Lipinski definition) is 5. The summed E-state index contributed by atoms with van der Waals surface area (Å²) in [5, 5.41) is 6.19. The molecule has 1 saturated carbocycles. The number of nitrogen functional groups attached to an aromatic ring is 1. The highest BCUT2D eigenvalue weighted by atomic mass is 16.5. The summed E-state index contributed by atoms with van der Waals surface area (Å²) < 4.78 is 5.43. The first-order valence-electron chi connectivity index (χ1n) is 13.8. The first kappa shape index (κ1) is 28.1. The molecule has 1 unspecified atom stereocenters. The van der Waals surface area contributed by atoms with Crippen LogP contribution in [0.1, 0.15) is 63.6 Å². The Balaban J connectivity index is 1.40. The van der Waals surface area contributed by atoms with Crippen LogP contribution in [0.15, 0.2) is 72.9 Å². The van der Waals surface area contributed by atoms with Crippen LogP contribution < -0.4 is 16.4 Å². The summed E-state index contributed by atoms with van der Waals surface area (Å²) in [4.78, 5) is 29.7. The number of alkyl carbamates (subject to hydrolysis) is 1. The van der Waals surface area contributed by atoms with Gasteiger partial charge in [-0.1, -0.05) is 48.5 Å². The Bertz CT molecular complexity index is 1230. The third-order valence-electron chi connectivity index (χ3n) is 7.15. The van der Waals surface area contributed by atoms with Gasteiger partial charge in [-0.05, 0) is 93.7 Å². The minimum absolute atomic E-state index is 0.0487. The Morgan fingerprint density at radius 1 is 0.974 bits per heavy atom. The van der Waals surface area contributed by atoms with Gasteiger partial charge in [0, 0.05) is 23.2 Å². The molecule has 0 spiro atoms. The summed E-state index contributed by atoms with van der Waals surface area (Å²) in [6.45, 7) is 6.16. The van der Waals surface area contributed by atoms with Crippen molar-refractivity contribution in [2.45, 2.75) is 64.5 Å². The zero-order valence-corrected chi connectivity index (χ0v) is 23.2. The topological polar surface area (TPSA) is 106 Å². The molecule has 1 heterocycles. The van der Waals surface area contributed by atoms with Gasteiger partial charge in [0.15, 0.2) is 0 Å². The Morgan fingerprint density at radius 2 is 1.72 bits per heavy atom. The quantitative estimate of drug-likeness (QED) is 0.329. The SMILES string of the molecule is CC(C)(C)NC(=O)OCC1CCC(C(=O)NC(Cc2ccccc2)c2cccc(-c3ccc(N)nc3)c2)CC1. The number of carbonyl (C=O) groups excluding carboxylic acids is 2. The van der Waals surface area contributed by atoms with Gasteiger partial charge < -0.3 is 21.1 Å². The number of amides is 2. The minimum atomic E-state index is -0.386. The second-order valence-corrected chi connectivity index (χ2v) is 11.5. The molecule has 206 valence electrons. The number of nitrogens with one attached hydrogen (secondary N) is 2. The number of benzene rings is 2. The molecular weight excluding hydrogens is 488 g/mol. The van der Waals surface area contributed by atoms with Crippen molar-refractivity contribution in [1.82, 2.24) is 15.6 Å². The van der Waals surface area contributed by atoms with Gasteiger partial charge >= 0.3 is 6.09 Å². The maximum absolute atomic E-state index is 13.5. The first-order chi connectivity index (χ1) is 18.7. The normalized spacial score (nSPS) is 18.1. The van der Waals surface area contributed by atoms with E-state index in [0.717, 1.165) is 47.9 Å². The third-order valence-corrected chi connectivity index (χ3v) is 7.15. The Hall–Kier alpha value is -3.87. The standard InChI is InChI=1S/C32H40N4O3/c1-32(2,3)36-31(38)39-21-23-12-14-24(15-13-23)30(37)35-28(18-22-8-5-4-6-9-22)26-11-7-10-25(19-26)27-16-17-29(33)34-20-27/h4-11,16-17,19-20,23-24,28H,12-15,18,21H2,1-3H3,(H2,33,34)(H,35,37)(H,36,38). The number of pyridine rings is 1. The number of ether oxygens (including phenoxy) is 1. The van der Waals surface area contributed by atoms with Crippen LogP contribution in [0.2, 0.25) is 0 Å². The fourth-order valence-corrected chi connectivity index (χ4v) is 5.03. The molecule has 1 fully saturated rings. The summed E-state index contributed by atoms with van der Waals surface area (Å²) in [6, 6.07) is 22.1. The van der Waals surface area contributed by atoms with E-state index in [-0.39, 0.29) is 35.4 Å². The molecule has 0 radical (unpaired) electrons. The predicted octanol–water partition coefficient (Wildman–Crippen LogP) is 6.06. The van der Waals surface area contributed by atoms with Gasteiger partial charge in [0.25, 0.3) is 0 Å². The second-order valence-electron chi connectivity index (χ2n) is 11.5. The lowest BCUT2D eigenvalue weighted by molar-refractivity contribution is -0.127. The molecule has 2 amide bonds. The first-order valence-corrected chi connectivity index (χ1v) is 13.8. The van der Waals surface area contributed by atoms with E-state index in [4.69, 9.17) is 10.5 Å². The average molecular weight is 529 g/mol. The van der Waals surface area contributed by atoms with E-state index in [2.05, 4.69) is 39.9 Å². The lowest BCUT2D eigenvalue weighted by atomic mass is 9.81. The molecule has 0 aliphatic heterocycles. The van der Waals surface area contributed by atoms with Crippen molar-refractivity contribution >= 4 is 17.8 Å². The van der Waals surface area contributed by atoms with Crippen LogP contribution >= 0.6 is 0 Å². The van der Waals surface area contributed by atoms with Crippen LogP contribution in [-0.4, -0.2) is 29.1 Å². The van der Waals surface area contributed by atoms with Crippen molar-refractivity contribution < 1.29 is 14.3 Å². The number of anilines is 1. The highest BCUT2D eigenvalue weighted by Gasteiger charge is 2.29. The molecule has 0 saturated heterocycles. The number of hydrogen-bond donors (Lipinski definition) is 3. The number of nitrogens with two attached hydrogens (primary N) is 1. The van der Waals surface area contributed by atoms with Gasteiger partial charge in [0.05, 0.1) is 12.6 Å². The molecule has 39 heavy (non-hydrogen) atoms. The Morgan fingerprint density at radius 3 is 2.38 bits per heavy atom. The van der Waals surface area contributed by atoms with Crippen molar-refractivity contribution in [3.63, 3.8) is 0 Å². The summed E-state index contributed by atoms with van der Waals surface area (Å²) in [5.74, 6) is 0.802. The minimum Gasteiger partial charge on any atom is -0.449 e. The van der Waals surface area contributed by atoms with Gasteiger partial charge in [-0.15, -0.1) is 0 Å². The highest BCUT2D eigenvalue weighted by molar-refractivity contribution is 5.79. The van der Waals surface area contributed by atoms with E-state index in [0.29, 0.717) is 18.8 Å². The zero-order chi connectivity index (χ0) is 27.8. The molecule has 7 heteroatoms. The molecule has 7 nitrogen and oxygen atoms in total. The molecule has 4 rings (SSSR count). The number of carbonyl (C=O) groups is 2. The molecule has 1 atom stereocenters. The predicted molar refractivity (Wildman–Crippen MR) is 155 cm³/mol. The summed E-state index contributed by atoms with van der Waals surface area (Å²) in [6.07, 6.45) is 5.39. The van der Waals surface area contributed by atoms with Gasteiger partial charge in [0.1, 0.15) is 5.82 Å². The smallest absolute Gasteiger partial charge is 0.407 e. The van der Waals surface area contributed by atoms with Crippen LogP contribution in [0.3, 0.4) is 0 Å². The van der Waals surface area contributed by atoms with E-state index in [1.165, 1.54) is 0 Å². The molecule has 3 aromatic rings. The molecule has 0 bridgehead atoms. The third kappa shape index (κ3) is 8.57. The summed E-state index contributed by atoms with van der Waals surface area (Å²) in [7, 11) is 0. The van der Waals surface area contributed by atoms with Crippen molar-refractivity contribution in [1.29, 1.82) is 0 Å². The lowest BCUT2D eigenvalue weighted by Gasteiger charge is -2.30. The van der Waals surface area contributed by atoms with Crippen LogP contribution in [0, 0.1) is 11.8 Å². The van der Waals surface area contributed by atoms with Crippen molar-refractivity contribution in [2.24, 2.45) is 11.8 Å². The second kappa shape index (κ2) is 12.8. The largest absolute Gasteiger partial charge is 0.449 e. The summed E-state index contributed by atoms with van der Waals surface area (Å²) >= 11 is 0. The van der Waals surface area contributed by atoms with E-state index < -0.39 is 0 Å². The zero-order valence-electron chi connectivity index (χ0n) is 23.2. The summed E-state index contributed by atoms with van der Waals surface area (Å²) in [5.41, 5.74) is 9.67. The van der Waals surface area contributed by atoms with E-state index in [1.807, 2.05) is 57.2 Å². The number of nitrogens with zero attached hydrogens (tertiary/aromatic N) is 1. The van der Waals surface area contributed by atoms with Crippen molar-refractivity contribution in [3.05, 3.63) is 84.1 Å². The van der Waals surface area contributed by atoms with Crippen molar-refractivity contribution in [3.8, 4) is 11.1 Å². The molecule has 2 aromatic carbocycles. The number of rotatable bonds is 8. The van der Waals surface area contributed by atoms with Crippen LogP contribution in [0.4, 0.5) is 10.6 Å². The van der Waals surface area contributed by atoms with Crippen molar-refractivity contribution in [2.75, 3.05) is 12.3 Å². The van der Waals surface area contributed by atoms with Crippen LogP contribution in [-0.2, 0) is 16.0 Å². The molecule has 1 aliphatic rings. The van der Waals surface area contributed by atoms with Gasteiger partial charge in [-0.2, -0.15) is 0 Å². The van der Waals surface area contributed by atoms with E-state index in [1.54, 1.807) is 12.3 Å². The molecule has 1 aliphatic carbocycles. The van der Waals surface area contributed by atoms with Gasteiger partial charge in [0.2, 0.25) is 5.91 Å². The van der Waals surface area contributed by atoms with E-state index in [9.17, 15) is 9.59 Å². The number of aromatic nitrogens is 1. The monoisotopic (exact) mass is 528 g/mol. The van der Waals surface area contributed by atoms with Gasteiger partial charge in [-0.3, -0.25) is 4.79 Å². The van der Waals surface area contributed by atoms with Crippen LogP contribution in [0.5, 0.6) is 0 Å². The Kier molecular flexibility index (Phi) is 9.23. The maximum atomic E-state index is 13.5. The van der Waals surface area contributed by atoms with E-state index >= 15 is 0 Å². The Labute approximate surface area is 231 Å². The highest BCUT2D eigenvalue weighted by Crippen LogP contribution is 2.31. The fourth-order valence-electron chi connectivity index (χ4n) is 5.03. The van der Waals surface area contributed by atoms with Gasteiger partial charge in [-0.25, -0.2) is 9.78 Å². The van der Waals surface area contributed by atoms with Crippen LogP contribution in [0.25, 0.3) is 11.1 Å². The molecular formula is C32H40N4O3. The molecule has 4 N–H and O–H groups in total. The maximum Gasteiger partial charge on any atom is 0.407 e. The molecule has 1 aromatic heterocycles.